The summed E-state index contributed by atoms with van der Waals surface area (Å²) in [5.41, 5.74) is 1.69. The molecule has 152 valence electrons. The van der Waals surface area contributed by atoms with Gasteiger partial charge in [0.25, 0.3) is 5.91 Å². The standard InChI is InChI=1S/C24H21NO5/c1-3-18(24(27)25-17-11-6-4-9-15(17)2)29-23-21(26)16-10-5-7-12-19(16)30-22(23)20-13-8-14-28-20/h4-14,18H,3H2,1-2H3,(H,25,27). The summed E-state index contributed by atoms with van der Waals surface area (Å²) in [4.78, 5) is 26.1. The first-order valence-corrected chi connectivity index (χ1v) is 9.71. The molecule has 4 aromatic rings. The molecule has 0 saturated heterocycles. The summed E-state index contributed by atoms with van der Waals surface area (Å²) in [6.07, 6.45) is 0.959. The molecule has 0 radical (unpaired) electrons. The zero-order valence-corrected chi connectivity index (χ0v) is 16.7. The van der Waals surface area contributed by atoms with E-state index in [1.54, 1.807) is 36.4 Å². The Morgan fingerprint density at radius 2 is 1.83 bits per heavy atom. The Morgan fingerprint density at radius 3 is 2.57 bits per heavy atom. The third kappa shape index (κ3) is 3.72. The number of ether oxygens (including phenoxy) is 1. The minimum Gasteiger partial charge on any atom is -0.473 e. The van der Waals surface area contributed by atoms with Gasteiger partial charge in [-0.25, -0.2) is 0 Å². The molecule has 1 N–H and O–H groups in total. The molecule has 2 aromatic heterocycles. The van der Waals surface area contributed by atoms with Gasteiger partial charge in [0.2, 0.25) is 16.9 Å². The molecule has 0 saturated carbocycles. The number of carbonyl (C=O) groups excluding carboxylic acids is 1. The molecule has 0 spiro atoms. The molecular formula is C24H21NO5. The average Bonchev–Trinajstić information content (AvgIpc) is 3.29. The van der Waals surface area contributed by atoms with E-state index < -0.39 is 6.10 Å². The normalized spacial score (nSPS) is 11.9. The number of rotatable bonds is 6. The molecule has 0 aliphatic rings. The van der Waals surface area contributed by atoms with Crippen LogP contribution in [0.15, 0.2) is 80.6 Å². The lowest BCUT2D eigenvalue weighted by Crippen LogP contribution is -2.34. The predicted molar refractivity (Wildman–Crippen MR) is 115 cm³/mol. The summed E-state index contributed by atoms with van der Waals surface area (Å²) in [5.74, 6) is 0.119. The highest BCUT2D eigenvalue weighted by atomic mass is 16.5. The fourth-order valence-corrected chi connectivity index (χ4v) is 3.19. The molecule has 1 amide bonds. The Balaban J connectivity index is 1.73. The van der Waals surface area contributed by atoms with Gasteiger partial charge in [0.05, 0.1) is 11.6 Å². The number of benzene rings is 2. The number of hydrogen-bond donors (Lipinski definition) is 1. The van der Waals surface area contributed by atoms with Gasteiger partial charge in [-0.15, -0.1) is 0 Å². The summed E-state index contributed by atoms with van der Waals surface area (Å²) in [7, 11) is 0. The topological polar surface area (TPSA) is 81.7 Å². The van der Waals surface area contributed by atoms with Crippen molar-refractivity contribution >= 4 is 22.6 Å². The van der Waals surface area contributed by atoms with E-state index in [-0.39, 0.29) is 22.8 Å². The van der Waals surface area contributed by atoms with Gasteiger partial charge >= 0.3 is 0 Å². The fraction of sp³-hybridized carbons (Fsp3) is 0.167. The fourth-order valence-electron chi connectivity index (χ4n) is 3.19. The second-order valence-electron chi connectivity index (χ2n) is 6.88. The van der Waals surface area contributed by atoms with Gasteiger partial charge in [0, 0.05) is 5.69 Å². The molecule has 0 aliphatic heterocycles. The van der Waals surface area contributed by atoms with Gasteiger partial charge in [0.15, 0.2) is 11.9 Å². The van der Waals surface area contributed by atoms with Gasteiger partial charge < -0.3 is 18.9 Å². The Morgan fingerprint density at radius 1 is 1.07 bits per heavy atom. The Hall–Kier alpha value is -3.80. The number of carbonyl (C=O) groups is 1. The van der Waals surface area contributed by atoms with E-state index in [0.717, 1.165) is 5.56 Å². The van der Waals surface area contributed by atoms with Gasteiger partial charge in [-0.2, -0.15) is 0 Å². The maximum atomic E-state index is 13.2. The van der Waals surface area contributed by atoms with Crippen molar-refractivity contribution in [1.29, 1.82) is 0 Å². The van der Waals surface area contributed by atoms with Crippen molar-refractivity contribution < 1.29 is 18.4 Å². The Labute approximate surface area is 173 Å². The molecule has 1 atom stereocenters. The number of anilines is 1. The van der Waals surface area contributed by atoms with Crippen molar-refractivity contribution in [2.24, 2.45) is 0 Å². The zero-order valence-electron chi connectivity index (χ0n) is 16.7. The van der Waals surface area contributed by atoms with Crippen molar-refractivity contribution in [3.8, 4) is 17.3 Å². The highest BCUT2D eigenvalue weighted by molar-refractivity contribution is 5.95. The van der Waals surface area contributed by atoms with Crippen LogP contribution in [0.5, 0.6) is 5.75 Å². The van der Waals surface area contributed by atoms with Crippen molar-refractivity contribution in [3.05, 3.63) is 82.7 Å². The van der Waals surface area contributed by atoms with E-state index in [4.69, 9.17) is 13.6 Å². The van der Waals surface area contributed by atoms with Gasteiger partial charge in [0.1, 0.15) is 5.58 Å². The van der Waals surface area contributed by atoms with E-state index >= 15 is 0 Å². The van der Waals surface area contributed by atoms with E-state index in [2.05, 4.69) is 5.32 Å². The molecule has 6 heteroatoms. The van der Waals surface area contributed by atoms with E-state index in [1.165, 1.54) is 6.26 Å². The highest BCUT2D eigenvalue weighted by Crippen LogP contribution is 2.32. The zero-order chi connectivity index (χ0) is 21.1. The van der Waals surface area contributed by atoms with E-state index in [1.807, 2.05) is 38.1 Å². The number of para-hydroxylation sites is 2. The minimum atomic E-state index is -0.887. The first-order valence-electron chi connectivity index (χ1n) is 9.71. The first kappa shape index (κ1) is 19.5. The van der Waals surface area contributed by atoms with Crippen LogP contribution in [-0.2, 0) is 4.79 Å². The van der Waals surface area contributed by atoms with Crippen LogP contribution in [0, 0.1) is 6.92 Å². The smallest absolute Gasteiger partial charge is 0.265 e. The maximum Gasteiger partial charge on any atom is 0.265 e. The lowest BCUT2D eigenvalue weighted by molar-refractivity contribution is -0.122. The number of fused-ring (bicyclic) bond motifs is 1. The van der Waals surface area contributed by atoms with Crippen LogP contribution in [0.3, 0.4) is 0 Å². The first-order chi connectivity index (χ1) is 14.6. The summed E-state index contributed by atoms with van der Waals surface area (Å²) < 4.78 is 17.3. The minimum absolute atomic E-state index is 0.0459. The summed E-state index contributed by atoms with van der Waals surface area (Å²) in [5, 5.41) is 3.24. The lowest BCUT2D eigenvalue weighted by atomic mass is 10.1. The highest BCUT2D eigenvalue weighted by Gasteiger charge is 2.26. The second kappa shape index (κ2) is 8.29. The van der Waals surface area contributed by atoms with Crippen LogP contribution in [0.25, 0.3) is 22.5 Å². The number of nitrogens with one attached hydrogen (secondary N) is 1. The predicted octanol–water partition coefficient (Wildman–Crippen LogP) is 5.16. The lowest BCUT2D eigenvalue weighted by Gasteiger charge is -2.19. The maximum absolute atomic E-state index is 13.2. The van der Waals surface area contributed by atoms with Crippen molar-refractivity contribution in [2.75, 3.05) is 5.32 Å². The van der Waals surface area contributed by atoms with E-state index in [9.17, 15) is 9.59 Å². The molecule has 6 nitrogen and oxygen atoms in total. The molecule has 2 heterocycles. The number of aryl methyl sites for hydroxylation is 1. The van der Waals surface area contributed by atoms with Gasteiger partial charge in [-0.05, 0) is 49.2 Å². The Kier molecular flexibility index (Phi) is 5.39. The molecule has 0 bridgehead atoms. The third-order valence-corrected chi connectivity index (χ3v) is 4.83. The van der Waals surface area contributed by atoms with Crippen molar-refractivity contribution in [2.45, 2.75) is 26.4 Å². The molecule has 1 unspecified atom stereocenters. The number of amides is 1. The van der Waals surface area contributed by atoms with Crippen LogP contribution in [-0.4, -0.2) is 12.0 Å². The summed E-state index contributed by atoms with van der Waals surface area (Å²) >= 11 is 0. The average molecular weight is 403 g/mol. The van der Waals surface area contributed by atoms with Crippen LogP contribution < -0.4 is 15.5 Å². The third-order valence-electron chi connectivity index (χ3n) is 4.83. The van der Waals surface area contributed by atoms with Crippen molar-refractivity contribution in [1.82, 2.24) is 0 Å². The summed E-state index contributed by atoms with van der Waals surface area (Å²) in [6.45, 7) is 3.72. The molecule has 0 fully saturated rings. The molecule has 0 aliphatic carbocycles. The number of furan rings is 1. The quantitative estimate of drug-likeness (QED) is 0.481. The summed E-state index contributed by atoms with van der Waals surface area (Å²) in [6, 6.07) is 17.7. The number of hydrogen-bond acceptors (Lipinski definition) is 5. The van der Waals surface area contributed by atoms with Crippen LogP contribution in [0.2, 0.25) is 0 Å². The SMILES string of the molecule is CCC(Oc1c(-c2ccco2)oc2ccccc2c1=O)C(=O)Nc1ccccc1C. The molecular weight excluding hydrogens is 382 g/mol. The van der Waals surface area contributed by atoms with Gasteiger partial charge in [-0.1, -0.05) is 37.3 Å². The van der Waals surface area contributed by atoms with Gasteiger partial charge in [-0.3, -0.25) is 9.59 Å². The van der Waals surface area contributed by atoms with Crippen LogP contribution >= 0.6 is 0 Å². The van der Waals surface area contributed by atoms with Crippen LogP contribution in [0.1, 0.15) is 18.9 Å². The van der Waals surface area contributed by atoms with Crippen LogP contribution in [0.4, 0.5) is 5.69 Å². The Bertz CT molecular complexity index is 1240. The van der Waals surface area contributed by atoms with Crippen molar-refractivity contribution in [3.63, 3.8) is 0 Å². The molecule has 4 rings (SSSR count). The second-order valence-corrected chi connectivity index (χ2v) is 6.88. The van der Waals surface area contributed by atoms with E-state index in [0.29, 0.717) is 28.8 Å². The molecule has 2 aromatic carbocycles. The largest absolute Gasteiger partial charge is 0.473 e. The molecule has 30 heavy (non-hydrogen) atoms. The monoisotopic (exact) mass is 403 g/mol.